The van der Waals surface area contributed by atoms with Gasteiger partial charge in [-0.1, -0.05) is 18.2 Å². The summed E-state index contributed by atoms with van der Waals surface area (Å²) in [5, 5.41) is 7.93. The third-order valence-corrected chi connectivity index (χ3v) is 4.83. The summed E-state index contributed by atoms with van der Waals surface area (Å²) >= 11 is 5.15. The molecule has 0 spiro atoms. The standard InChI is InChI=1S/C24H20F3N3O3S/c1-33-20-11-5-15(6-12-20)13-21(31)30-23(34)29-18-9-7-16(8-10-18)22(32)28-19-4-2-3-17(14-19)24(25,26)27/h2-12,14H,13H2,1H3,(H,28,32)(H2,29,30,31,34). The second-order valence-corrected chi connectivity index (χ2v) is 7.55. The van der Waals surface area contributed by atoms with Crippen molar-refractivity contribution in [1.82, 2.24) is 5.32 Å². The van der Waals surface area contributed by atoms with E-state index in [2.05, 4.69) is 16.0 Å². The van der Waals surface area contributed by atoms with E-state index in [1.54, 1.807) is 43.5 Å². The van der Waals surface area contributed by atoms with Gasteiger partial charge in [-0.2, -0.15) is 13.2 Å². The molecule has 0 bridgehead atoms. The van der Waals surface area contributed by atoms with Crippen LogP contribution in [0.15, 0.2) is 72.8 Å². The minimum atomic E-state index is -4.50. The minimum absolute atomic E-state index is 0.0303. The molecule has 0 radical (unpaired) electrons. The maximum Gasteiger partial charge on any atom is 0.416 e. The van der Waals surface area contributed by atoms with Gasteiger partial charge in [-0.25, -0.2) is 0 Å². The van der Waals surface area contributed by atoms with E-state index in [1.165, 1.54) is 24.3 Å². The Labute approximate surface area is 199 Å². The second-order valence-electron chi connectivity index (χ2n) is 7.14. The van der Waals surface area contributed by atoms with Gasteiger partial charge in [-0.3, -0.25) is 9.59 Å². The first-order chi connectivity index (χ1) is 16.1. The molecule has 3 N–H and O–H groups in total. The van der Waals surface area contributed by atoms with Crippen molar-refractivity contribution in [3.8, 4) is 5.75 Å². The summed E-state index contributed by atoms with van der Waals surface area (Å²) in [4.78, 5) is 24.5. The molecule has 0 atom stereocenters. The normalized spacial score (nSPS) is 10.8. The van der Waals surface area contributed by atoms with E-state index in [0.29, 0.717) is 11.4 Å². The van der Waals surface area contributed by atoms with Crippen LogP contribution in [0.4, 0.5) is 24.5 Å². The van der Waals surface area contributed by atoms with Gasteiger partial charge in [-0.05, 0) is 72.4 Å². The first kappa shape index (κ1) is 24.7. The van der Waals surface area contributed by atoms with Crippen molar-refractivity contribution in [3.05, 3.63) is 89.5 Å². The Balaban J connectivity index is 1.53. The molecule has 0 unspecified atom stereocenters. The predicted molar refractivity (Wildman–Crippen MR) is 127 cm³/mol. The Kier molecular flexibility index (Phi) is 7.85. The lowest BCUT2D eigenvalue weighted by Gasteiger charge is -2.11. The fourth-order valence-corrected chi connectivity index (χ4v) is 3.18. The average Bonchev–Trinajstić information content (AvgIpc) is 2.79. The van der Waals surface area contributed by atoms with Gasteiger partial charge in [0, 0.05) is 16.9 Å². The lowest BCUT2D eigenvalue weighted by Crippen LogP contribution is -2.35. The van der Waals surface area contributed by atoms with E-state index in [1.807, 2.05) is 0 Å². The van der Waals surface area contributed by atoms with Gasteiger partial charge in [0.1, 0.15) is 5.75 Å². The van der Waals surface area contributed by atoms with Crippen molar-refractivity contribution < 1.29 is 27.5 Å². The number of benzene rings is 3. The summed E-state index contributed by atoms with van der Waals surface area (Å²) < 4.78 is 43.6. The number of halogens is 3. The molecular formula is C24H20F3N3O3S. The molecule has 3 aromatic carbocycles. The first-order valence-corrected chi connectivity index (χ1v) is 10.4. The van der Waals surface area contributed by atoms with Gasteiger partial charge in [0.15, 0.2) is 5.11 Å². The summed E-state index contributed by atoms with van der Waals surface area (Å²) in [5.41, 5.74) is 0.718. The minimum Gasteiger partial charge on any atom is -0.497 e. The van der Waals surface area contributed by atoms with E-state index in [0.717, 1.165) is 17.7 Å². The van der Waals surface area contributed by atoms with E-state index >= 15 is 0 Å². The number of hydrogen-bond acceptors (Lipinski definition) is 4. The summed E-state index contributed by atoms with van der Waals surface area (Å²) in [6, 6.07) is 17.5. The van der Waals surface area contributed by atoms with Gasteiger partial charge in [0.05, 0.1) is 19.1 Å². The lowest BCUT2D eigenvalue weighted by atomic mass is 10.1. The highest BCUT2D eigenvalue weighted by Crippen LogP contribution is 2.30. The Hall–Kier alpha value is -3.92. The number of rotatable bonds is 6. The topological polar surface area (TPSA) is 79.5 Å². The molecule has 2 amide bonds. The highest BCUT2D eigenvalue weighted by atomic mass is 32.1. The van der Waals surface area contributed by atoms with Gasteiger partial charge < -0.3 is 20.7 Å². The van der Waals surface area contributed by atoms with Crippen LogP contribution in [0.25, 0.3) is 0 Å². The monoisotopic (exact) mass is 487 g/mol. The number of hydrogen-bond donors (Lipinski definition) is 3. The predicted octanol–water partition coefficient (Wildman–Crippen LogP) is 5.02. The third-order valence-electron chi connectivity index (χ3n) is 4.63. The van der Waals surface area contributed by atoms with Crippen molar-refractivity contribution in [2.75, 3.05) is 17.7 Å². The van der Waals surface area contributed by atoms with Crippen molar-refractivity contribution in [2.45, 2.75) is 12.6 Å². The van der Waals surface area contributed by atoms with Crippen molar-refractivity contribution >= 4 is 40.5 Å². The zero-order chi connectivity index (χ0) is 24.7. The molecule has 0 saturated carbocycles. The Morgan fingerprint density at radius 2 is 1.59 bits per heavy atom. The first-order valence-electron chi connectivity index (χ1n) is 9.96. The molecule has 34 heavy (non-hydrogen) atoms. The van der Waals surface area contributed by atoms with E-state index in [-0.39, 0.29) is 28.7 Å². The van der Waals surface area contributed by atoms with Crippen molar-refractivity contribution in [1.29, 1.82) is 0 Å². The largest absolute Gasteiger partial charge is 0.497 e. The zero-order valence-electron chi connectivity index (χ0n) is 17.9. The van der Waals surface area contributed by atoms with Crippen LogP contribution in [0.3, 0.4) is 0 Å². The highest BCUT2D eigenvalue weighted by Gasteiger charge is 2.30. The summed E-state index contributed by atoms with van der Waals surface area (Å²) in [6.07, 6.45) is -4.38. The van der Waals surface area contributed by atoms with Crippen molar-refractivity contribution in [2.24, 2.45) is 0 Å². The van der Waals surface area contributed by atoms with E-state index in [9.17, 15) is 22.8 Å². The molecule has 176 valence electrons. The quantitative estimate of drug-likeness (QED) is 0.426. The summed E-state index contributed by atoms with van der Waals surface area (Å²) in [7, 11) is 1.56. The number of carbonyl (C=O) groups is 2. The molecule has 0 fully saturated rings. The van der Waals surface area contributed by atoms with Gasteiger partial charge in [-0.15, -0.1) is 0 Å². The summed E-state index contributed by atoms with van der Waals surface area (Å²) in [5.74, 6) is -0.186. The number of methoxy groups -OCH3 is 1. The lowest BCUT2D eigenvalue weighted by molar-refractivity contribution is -0.137. The number of amides is 2. The number of thiocarbonyl (C=S) groups is 1. The SMILES string of the molecule is COc1ccc(CC(=O)NC(=S)Nc2ccc(C(=O)Nc3cccc(C(F)(F)F)c3)cc2)cc1. The zero-order valence-corrected chi connectivity index (χ0v) is 18.7. The average molecular weight is 488 g/mol. The second kappa shape index (κ2) is 10.8. The van der Waals surface area contributed by atoms with Crippen LogP contribution in [0.5, 0.6) is 5.75 Å². The Bertz CT molecular complexity index is 1180. The van der Waals surface area contributed by atoms with Crippen LogP contribution in [-0.4, -0.2) is 24.0 Å². The Morgan fingerprint density at radius 1 is 0.912 bits per heavy atom. The molecular weight excluding hydrogens is 467 g/mol. The van der Waals surface area contributed by atoms with Crippen LogP contribution in [-0.2, 0) is 17.4 Å². The third kappa shape index (κ3) is 7.04. The molecule has 0 heterocycles. The van der Waals surface area contributed by atoms with Crippen LogP contribution in [0.1, 0.15) is 21.5 Å². The molecule has 3 aromatic rings. The number of alkyl halides is 3. The fourth-order valence-electron chi connectivity index (χ4n) is 2.94. The molecule has 0 saturated heterocycles. The number of ether oxygens (including phenoxy) is 1. The number of anilines is 2. The number of carbonyl (C=O) groups excluding carboxylic acids is 2. The van der Waals surface area contributed by atoms with Crippen molar-refractivity contribution in [3.63, 3.8) is 0 Å². The molecule has 0 aliphatic heterocycles. The Morgan fingerprint density at radius 3 is 2.21 bits per heavy atom. The maximum absolute atomic E-state index is 12.8. The van der Waals surface area contributed by atoms with Crippen LogP contribution >= 0.6 is 12.2 Å². The van der Waals surface area contributed by atoms with Gasteiger partial charge in [0.25, 0.3) is 5.91 Å². The molecule has 6 nitrogen and oxygen atoms in total. The fraction of sp³-hybridized carbons (Fsp3) is 0.125. The summed E-state index contributed by atoms with van der Waals surface area (Å²) in [6.45, 7) is 0. The smallest absolute Gasteiger partial charge is 0.416 e. The molecule has 0 aliphatic rings. The van der Waals surface area contributed by atoms with Gasteiger partial charge >= 0.3 is 6.18 Å². The van der Waals surface area contributed by atoms with E-state index < -0.39 is 17.6 Å². The maximum atomic E-state index is 12.8. The molecule has 0 aliphatic carbocycles. The highest BCUT2D eigenvalue weighted by molar-refractivity contribution is 7.80. The van der Waals surface area contributed by atoms with Crippen LogP contribution in [0.2, 0.25) is 0 Å². The molecule has 10 heteroatoms. The van der Waals surface area contributed by atoms with Gasteiger partial charge in [0.2, 0.25) is 5.91 Å². The van der Waals surface area contributed by atoms with Crippen LogP contribution < -0.4 is 20.7 Å². The van der Waals surface area contributed by atoms with Crippen LogP contribution in [0, 0.1) is 0 Å². The van der Waals surface area contributed by atoms with E-state index in [4.69, 9.17) is 17.0 Å². The molecule has 0 aromatic heterocycles. The number of nitrogens with one attached hydrogen (secondary N) is 3. The molecule has 3 rings (SSSR count).